The summed E-state index contributed by atoms with van der Waals surface area (Å²) >= 11 is 0. The Kier molecular flexibility index (Phi) is 7.51. The zero-order valence-corrected chi connectivity index (χ0v) is 12.8. The Hall–Kier alpha value is -2.52. The van der Waals surface area contributed by atoms with Crippen LogP contribution in [0.1, 0.15) is 20.3 Å². The summed E-state index contributed by atoms with van der Waals surface area (Å²) < 4.78 is 5.31. The summed E-state index contributed by atoms with van der Waals surface area (Å²) in [5.41, 5.74) is 0.518. The van der Waals surface area contributed by atoms with Crippen LogP contribution in [0.4, 0.5) is 5.69 Å². The molecule has 6 heteroatoms. The van der Waals surface area contributed by atoms with Crippen LogP contribution in [0.15, 0.2) is 36.0 Å². The van der Waals surface area contributed by atoms with E-state index in [4.69, 9.17) is 15.1 Å². The summed E-state index contributed by atoms with van der Waals surface area (Å²) in [6.45, 7) is 4.30. The van der Waals surface area contributed by atoms with Crippen molar-refractivity contribution < 1.29 is 14.6 Å². The van der Waals surface area contributed by atoms with E-state index in [2.05, 4.69) is 10.6 Å². The van der Waals surface area contributed by atoms with Gasteiger partial charge in [0.05, 0.1) is 13.2 Å². The van der Waals surface area contributed by atoms with E-state index in [9.17, 15) is 4.79 Å². The zero-order chi connectivity index (χ0) is 16.4. The van der Waals surface area contributed by atoms with Crippen LogP contribution in [0, 0.1) is 11.3 Å². The van der Waals surface area contributed by atoms with E-state index in [0.717, 1.165) is 0 Å². The Balaban J connectivity index is 2.68. The van der Waals surface area contributed by atoms with Crippen molar-refractivity contribution >= 4 is 11.6 Å². The molecular formula is C16H21N3O3. The number of amides is 1. The van der Waals surface area contributed by atoms with Crippen LogP contribution < -0.4 is 15.4 Å². The van der Waals surface area contributed by atoms with Crippen molar-refractivity contribution in [3.8, 4) is 11.8 Å². The molecule has 3 N–H and O–H groups in total. The number of carbonyl (C=O) groups is 1. The third-order valence-electron chi connectivity index (χ3n) is 2.96. The highest BCUT2D eigenvalue weighted by Crippen LogP contribution is 2.16. The number of nitrogens with zero attached hydrogens (tertiary/aromatic N) is 1. The lowest BCUT2D eigenvalue weighted by atomic mass is 10.2. The van der Waals surface area contributed by atoms with Crippen LogP contribution in [0.3, 0.4) is 0 Å². The van der Waals surface area contributed by atoms with Gasteiger partial charge >= 0.3 is 0 Å². The van der Waals surface area contributed by atoms with Crippen molar-refractivity contribution in [2.24, 2.45) is 0 Å². The van der Waals surface area contributed by atoms with E-state index >= 15 is 0 Å². The van der Waals surface area contributed by atoms with Crippen molar-refractivity contribution in [2.75, 3.05) is 18.5 Å². The molecule has 0 spiro atoms. The molecule has 1 rings (SSSR count). The van der Waals surface area contributed by atoms with Gasteiger partial charge in [-0.1, -0.05) is 6.92 Å². The number of anilines is 1. The first kappa shape index (κ1) is 17.5. The maximum atomic E-state index is 12.0. The minimum absolute atomic E-state index is 0.0548. The van der Waals surface area contributed by atoms with Gasteiger partial charge in [-0.2, -0.15) is 5.26 Å². The molecule has 0 aliphatic carbocycles. The maximum absolute atomic E-state index is 12.0. The van der Waals surface area contributed by atoms with E-state index in [1.54, 1.807) is 24.3 Å². The molecule has 1 unspecified atom stereocenters. The highest BCUT2D eigenvalue weighted by molar-refractivity contribution is 6.06. The van der Waals surface area contributed by atoms with Crippen molar-refractivity contribution in [1.29, 1.82) is 5.26 Å². The van der Waals surface area contributed by atoms with Crippen LogP contribution in [0.25, 0.3) is 0 Å². The monoisotopic (exact) mass is 303 g/mol. The number of benzene rings is 1. The lowest BCUT2D eigenvalue weighted by molar-refractivity contribution is -0.112. The predicted octanol–water partition coefficient (Wildman–Crippen LogP) is 1.79. The number of ether oxygens (including phenoxy) is 1. The van der Waals surface area contributed by atoms with Crippen LogP contribution in [0.5, 0.6) is 5.75 Å². The maximum Gasteiger partial charge on any atom is 0.267 e. The number of carbonyl (C=O) groups excluding carboxylic acids is 1. The van der Waals surface area contributed by atoms with Crippen molar-refractivity contribution in [2.45, 2.75) is 26.3 Å². The standard InChI is InChI=1S/C16H21N3O3/c1-3-13(11-20)18-10-12(9-17)16(21)19-14-5-7-15(8-6-14)22-4-2/h5-8,10,13,18,20H,3-4,11H2,1-2H3,(H,19,21)/b12-10-. The number of aliphatic hydroxyl groups excluding tert-OH is 1. The molecule has 1 aromatic carbocycles. The van der Waals surface area contributed by atoms with Crippen molar-refractivity contribution in [1.82, 2.24) is 5.32 Å². The molecule has 0 bridgehead atoms. The largest absolute Gasteiger partial charge is 0.494 e. The van der Waals surface area contributed by atoms with E-state index in [0.29, 0.717) is 24.5 Å². The summed E-state index contributed by atoms with van der Waals surface area (Å²) in [6.07, 6.45) is 2.01. The van der Waals surface area contributed by atoms with Crippen molar-refractivity contribution in [3.05, 3.63) is 36.0 Å². The SMILES string of the molecule is CCOc1ccc(NC(=O)/C(C#N)=C\NC(CC)CO)cc1. The second-order valence-electron chi connectivity index (χ2n) is 4.54. The summed E-state index contributed by atoms with van der Waals surface area (Å²) in [6, 6.07) is 8.55. The normalized spacial score (nSPS) is 12.2. The molecule has 0 aliphatic heterocycles. The van der Waals surface area contributed by atoms with Gasteiger partial charge in [0.1, 0.15) is 17.4 Å². The first-order valence-corrected chi connectivity index (χ1v) is 7.15. The summed E-state index contributed by atoms with van der Waals surface area (Å²) in [5.74, 6) is 0.207. The zero-order valence-electron chi connectivity index (χ0n) is 12.8. The Morgan fingerprint density at radius 3 is 2.59 bits per heavy atom. The fourth-order valence-electron chi connectivity index (χ4n) is 1.65. The number of nitriles is 1. The molecule has 0 heterocycles. The molecule has 1 amide bonds. The Labute approximate surface area is 130 Å². The molecule has 1 atom stereocenters. The molecule has 1 aromatic rings. The van der Waals surface area contributed by atoms with Crippen LogP contribution in [-0.2, 0) is 4.79 Å². The van der Waals surface area contributed by atoms with Crippen molar-refractivity contribution in [3.63, 3.8) is 0 Å². The van der Waals surface area contributed by atoms with Gasteiger partial charge in [-0.15, -0.1) is 0 Å². The topological polar surface area (TPSA) is 94.4 Å². The molecular weight excluding hydrogens is 282 g/mol. The molecule has 118 valence electrons. The average Bonchev–Trinajstić information content (AvgIpc) is 2.54. The van der Waals surface area contributed by atoms with Crippen LogP contribution in [-0.4, -0.2) is 30.3 Å². The predicted molar refractivity (Wildman–Crippen MR) is 84.2 cm³/mol. The third kappa shape index (κ3) is 5.46. The molecule has 0 saturated heterocycles. The molecule has 22 heavy (non-hydrogen) atoms. The van der Waals surface area contributed by atoms with Gasteiger partial charge in [-0.05, 0) is 37.6 Å². The Bertz CT molecular complexity index is 543. The Morgan fingerprint density at radius 1 is 1.41 bits per heavy atom. The fourth-order valence-corrected chi connectivity index (χ4v) is 1.65. The average molecular weight is 303 g/mol. The van der Waals surface area contributed by atoms with Gasteiger partial charge in [0, 0.05) is 17.9 Å². The first-order valence-electron chi connectivity index (χ1n) is 7.15. The minimum atomic E-state index is -0.507. The lowest BCUT2D eigenvalue weighted by Crippen LogP contribution is -2.28. The second-order valence-corrected chi connectivity index (χ2v) is 4.54. The summed E-state index contributed by atoms with van der Waals surface area (Å²) in [4.78, 5) is 12.0. The van der Waals surface area contributed by atoms with E-state index in [-0.39, 0.29) is 18.2 Å². The van der Waals surface area contributed by atoms with E-state index in [1.807, 2.05) is 19.9 Å². The quantitative estimate of drug-likeness (QED) is 0.503. The molecule has 0 aliphatic rings. The molecule has 6 nitrogen and oxygen atoms in total. The molecule has 0 saturated carbocycles. The van der Waals surface area contributed by atoms with Gasteiger partial charge in [-0.3, -0.25) is 4.79 Å². The summed E-state index contributed by atoms with van der Waals surface area (Å²) in [7, 11) is 0. The summed E-state index contributed by atoms with van der Waals surface area (Å²) in [5, 5.41) is 23.6. The third-order valence-corrected chi connectivity index (χ3v) is 2.96. The lowest BCUT2D eigenvalue weighted by Gasteiger charge is -2.12. The highest BCUT2D eigenvalue weighted by Gasteiger charge is 2.10. The van der Waals surface area contributed by atoms with Gasteiger partial charge < -0.3 is 20.5 Å². The van der Waals surface area contributed by atoms with Crippen LogP contribution in [0.2, 0.25) is 0 Å². The smallest absolute Gasteiger partial charge is 0.267 e. The van der Waals surface area contributed by atoms with E-state index in [1.165, 1.54) is 6.20 Å². The number of rotatable bonds is 8. The Morgan fingerprint density at radius 2 is 2.09 bits per heavy atom. The van der Waals surface area contributed by atoms with Gasteiger partial charge in [0.15, 0.2) is 0 Å². The fraction of sp³-hybridized carbons (Fsp3) is 0.375. The second kappa shape index (κ2) is 9.42. The number of aliphatic hydroxyl groups is 1. The van der Waals surface area contributed by atoms with Gasteiger partial charge in [0.2, 0.25) is 0 Å². The highest BCUT2D eigenvalue weighted by atomic mass is 16.5. The molecule has 0 radical (unpaired) electrons. The number of nitrogens with one attached hydrogen (secondary N) is 2. The molecule has 0 fully saturated rings. The minimum Gasteiger partial charge on any atom is -0.494 e. The number of hydrogen-bond donors (Lipinski definition) is 3. The van der Waals surface area contributed by atoms with Gasteiger partial charge in [-0.25, -0.2) is 0 Å². The molecule has 0 aromatic heterocycles. The van der Waals surface area contributed by atoms with Gasteiger partial charge in [0.25, 0.3) is 5.91 Å². The first-order chi connectivity index (χ1) is 10.6. The van der Waals surface area contributed by atoms with Crippen LogP contribution >= 0.6 is 0 Å². The van der Waals surface area contributed by atoms with E-state index < -0.39 is 5.91 Å². The number of hydrogen-bond acceptors (Lipinski definition) is 5.